The summed E-state index contributed by atoms with van der Waals surface area (Å²) >= 11 is 0. The number of nitrogens with two attached hydrogens (primary N) is 1. The van der Waals surface area contributed by atoms with E-state index in [0.717, 1.165) is 11.1 Å². The average Bonchev–Trinajstić information content (AvgIpc) is 2.68. The van der Waals surface area contributed by atoms with Crippen molar-refractivity contribution in [1.29, 1.82) is 0 Å². The molecule has 8 nitrogen and oxygen atoms in total. The second-order valence-electron chi connectivity index (χ2n) is 7.63. The van der Waals surface area contributed by atoms with Crippen LogP contribution in [0.3, 0.4) is 0 Å². The number of ether oxygens (including phenoxy) is 1. The third-order valence-electron chi connectivity index (χ3n) is 4.66. The first-order chi connectivity index (χ1) is 13.8. The van der Waals surface area contributed by atoms with Crippen LogP contribution in [-0.4, -0.2) is 49.4 Å². The van der Waals surface area contributed by atoms with Crippen LogP contribution < -0.4 is 21.7 Å². The third kappa shape index (κ3) is 9.85. The molecule has 0 heterocycles. The molecule has 0 aliphatic rings. The van der Waals surface area contributed by atoms with Crippen molar-refractivity contribution in [3.8, 4) is 0 Å². The summed E-state index contributed by atoms with van der Waals surface area (Å²) in [6.07, 6.45) is -0.333. The highest BCUT2D eigenvalue weighted by Gasteiger charge is 2.23. The first-order valence-corrected chi connectivity index (χ1v) is 10.1. The van der Waals surface area contributed by atoms with E-state index in [-0.39, 0.29) is 36.9 Å². The fourth-order valence-electron chi connectivity index (χ4n) is 2.89. The minimum Gasteiger partial charge on any atom is -0.460 e. The van der Waals surface area contributed by atoms with Gasteiger partial charge in [0.05, 0.1) is 12.5 Å². The van der Waals surface area contributed by atoms with E-state index in [1.54, 1.807) is 0 Å². The first-order valence-electron chi connectivity index (χ1n) is 10.1. The van der Waals surface area contributed by atoms with Crippen molar-refractivity contribution in [3.63, 3.8) is 0 Å². The summed E-state index contributed by atoms with van der Waals surface area (Å²) in [4.78, 5) is 23.5. The molecule has 1 aromatic carbocycles. The van der Waals surface area contributed by atoms with Crippen molar-refractivity contribution < 1.29 is 19.4 Å². The summed E-state index contributed by atoms with van der Waals surface area (Å²) < 4.78 is 4.98. The predicted molar refractivity (Wildman–Crippen MR) is 113 cm³/mol. The van der Waals surface area contributed by atoms with Crippen LogP contribution in [0.2, 0.25) is 0 Å². The first kappa shape index (κ1) is 25.0. The van der Waals surface area contributed by atoms with E-state index in [1.807, 2.05) is 52.1 Å². The van der Waals surface area contributed by atoms with E-state index in [9.17, 15) is 14.7 Å². The highest BCUT2D eigenvalue weighted by molar-refractivity contribution is 5.79. The molecule has 1 rings (SSSR count). The maximum absolute atomic E-state index is 12.4. The summed E-state index contributed by atoms with van der Waals surface area (Å²) in [5, 5.41) is 19.3. The third-order valence-corrected chi connectivity index (χ3v) is 4.66. The van der Waals surface area contributed by atoms with Crippen LogP contribution >= 0.6 is 0 Å². The molecule has 6 N–H and O–H groups in total. The maximum atomic E-state index is 12.4. The molecule has 8 heteroatoms. The second-order valence-corrected chi connectivity index (χ2v) is 7.63. The number of esters is 1. The molecular formula is C21H36N4O4. The Hall–Kier alpha value is -2.00. The lowest BCUT2D eigenvalue weighted by molar-refractivity contribution is -0.143. The summed E-state index contributed by atoms with van der Waals surface area (Å²) in [5.74, 6) is -0.305. The smallest absolute Gasteiger partial charge is 0.320 e. The van der Waals surface area contributed by atoms with Crippen LogP contribution in [0, 0.1) is 11.8 Å². The van der Waals surface area contributed by atoms with E-state index in [0.29, 0.717) is 19.5 Å². The monoisotopic (exact) mass is 408 g/mol. The van der Waals surface area contributed by atoms with Crippen molar-refractivity contribution in [2.24, 2.45) is 17.6 Å². The fraction of sp³-hybridized carbons (Fsp3) is 0.619. The van der Waals surface area contributed by atoms with Gasteiger partial charge in [-0.15, -0.1) is 0 Å². The van der Waals surface area contributed by atoms with E-state index in [4.69, 9.17) is 10.5 Å². The zero-order chi connectivity index (χ0) is 21.8. The Morgan fingerprint density at radius 3 is 2.31 bits per heavy atom. The minimum atomic E-state index is -0.739. The molecule has 0 aliphatic heterocycles. The lowest BCUT2D eigenvalue weighted by Crippen LogP contribution is -2.45. The molecule has 0 aliphatic carbocycles. The summed E-state index contributed by atoms with van der Waals surface area (Å²) in [7, 11) is 1.83. The standard InChI is InChI=1S/C21H36N4O4/c1-14(2)18(12-23-4)21(28)25-15(3)9-19(26)24-11-16-5-7-17(8-6-16)13-29-20(27)10-22/h5-8,14-15,18-19,23-24,26H,9-13,22H2,1-4H3,(H,25,28)/t15-,18-,19?/m0/s1. The molecule has 0 spiro atoms. The predicted octanol–water partition coefficient (Wildman–Crippen LogP) is 0.483. The van der Waals surface area contributed by atoms with Crippen molar-refractivity contribution in [3.05, 3.63) is 35.4 Å². The summed E-state index contributed by atoms with van der Waals surface area (Å²) in [6.45, 7) is 7.10. The Kier molecular flexibility index (Phi) is 11.5. The molecule has 0 saturated heterocycles. The number of rotatable bonds is 13. The van der Waals surface area contributed by atoms with Crippen LogP contribution in [0.5, 0.6) is 0 Å². The van der Waals surface area contributed by atoms with Gasteiger partial charge in [0.2, 0.25) is 5.91 Å². The zero-order valence-corrected chi connectivity index (χ0v) is 17.9. The highest BCUT2D eigenvalue weighted by atomic mass is 16.5. The lowest BCUT2D eigenvalue weighted by Gasteiger charge is -2.24. The van der Waals surface area contributed by atoms with Gasteiger partial charge in [0, 0.05) is 25.6 Å². The molecule has 164 valence electrons. The van der Waals surface area contributed by atoms with Crippen LogP contribution in [0.25, 0.3) is 0 Å². The Morgan fingerprint density at radius 2 is 1.76 bits per heavy atom. The van der Waals surface area contributed by atoms with E-state index < -0.39 is 12.2 Å². The van der Waals surface area contributed by atoms with E-state index in [1.165, 1.54) is 0 Å². The molecular weight excluding hydrogens is 372 g/mol. The largest absolute Gasteiger partial charge is 0.460 e. The number of benzene rings is 1. The van der Waals surface area contributed by atoms with Gasteiger partial charge in [-0.25, -0.2) is 0 Å². The molecule has 1 unspecified atom stereocenters. The number of nitrogens with one attached hydrogen (secondary N) is 3. The van der Waals surface area contributed by atoms with Crippen molar-refractivity contribution >= 4 is 11.9 Å². The molecule has 0 bridgehead atoms. The average molecular weight is 409 g/mol. The Balaban J connectivity index is 2.39. The van der Waals surface area contributed by atoms with Gasteiger partial charge < -0.3 is 26.2 Å². The molecule has 1 amide bonds. The molecule has 29 heavy (non-hydrogen) atoms. The van der Waals surface area contributed by atoms with Gasteiger partial charge in [0.1, 0.15) is 12.8 Å². The Bertz CT molecular complexity index is 622. The Morgan fingerprint density at radius 1 is 1.14 bits per heavy atom. The fourth-order valence-corrected chi connectivity index (χ4v) is 2.89. The number of carbonyl (C=O) groups is 2. The van der Waals surface area contributed by atoms with E-state index >= 15 is 0 Å². The topological polar surface area (TPSA) is 126 Å². The number of amides is 1. The minimum absolute atomic E-state index is 0.0000233. The van der Waals surface area contributed by atoms with E-state index in [2.05, 4.69) is 16.0 Å². The normalized spacial score (nSPS) is 14.3. The van der Waals surface area contributed by atoms with Crippen LogP contribution in [0.4, 0.5) is 0 Å². The summed E-state index contributed by atoms with van der Waals surface area (Å²) in [5.41, 5.74) is 7.06. The summed E-state index contributed by atoms with van der Waals surface area (Å²) in [6, 6.07) is 7.39. The van der Waals surface area contributed by atoms with Gasteiger partial charge in [0.15, 0.2) is 0 Å². The van der Waals surface area contributed by atoms with Gasteiger partial charge in [-0.2, -0.15) is 0 Å². The number of aliphatic hydroxyl groups excluding tert-OH is 1. The van der Waals surface area contributed by atoms with Crippen LogP contribution in [-0.2, 0) is 27.5 Å². The lowest BCUT2D eigenvalue weighted by atomic mass is 9.94. The molecule has 0 radical (unpaired) electrons. The Labute approximate surface area is 173 Å². The van der Waals surface area contributed by atoms with Gasteiger partial charge in [-0.1, -0.05) is 38.1 Å². The maximum Gasteiger partial charge on any atom is 0.320 e. The van der Waals surface area contributed by atoms with Crippen molar-refractivity contribution in [2.45, 2.75) is 52.6 Å². The van der Waals surface area contributed by atoms with Crippen molar-refractivity contribution in [1.82, 2.24) is 16.0 Å². The SMILES string of the molecule is CNC[C@H](C(=O)N[C@@H](C)CC(O)NCc1ccc(COC(=O)CN)cc1)C(C)C. The zero-order valence-electron chi connectivity index (χ0n) is 17.9. The van der Waals surface area contributed by atoms with Crippen LogP contribution in [0.1, 0.15) is 38.3 Å². The number of carbonyl (C=O) groups excluding carboxylic acids is 2. The number of aliphatic hydroxyl groups is 1. The second kappa shape index (κ2) is 13.3. The van der Waals surface area contributed by atoms with Gasteiger partial charge in [-0.05, 0) is 31.0 Å². The van der Waals surface area contributed by atoms with Gasteiger partial charge in [0.25, 0.3) is 0 Å². The molecule has 0 aromatic heterocycles. The number of hydrogen-bond donors (Lipinski definition) is 5. The molecule has 3 atom stereocenters. The highest BCUT2D eigenvalue weighted by Crippen LogP contribution is 2.11. The molecule has 0 saturated carbocycles. The molecule has 0 fully saturated rings. The van der Waals surface area contributed by atoms with Gasteiger partial charge >= 0.3 is 5.97 Å². The molecule has 1 aromatic rings. The van der Waals surface area contributed by atoms with Crippen molar-refractivity contribution in [2.75, 3.05) is 20.1 Å². The number of hydrogen-bond acceptors (Lipinski definition) is 7. The van der Waals surface area contributed by atoms with Gasteiger partial charge in [-0.3, -0.25) is 14.9 Å². The van der Waals surface area contributed by atoms with Crippen LogP contribution in [0.15, 0.2) is 24.3 Å². The quantitative estimate of drug-likeness (QED) is 0.237.